The first-order valence-corrected chi connectivity index (χ1v) is 3.14. The Morgan fingerprint density at radius 1 is 1.67 bits per heavy atom. The molecule has 0 saturated carbocycles. The second-order valence-electron chi connectivity index (χ2n) is 2.15. The van der Waals surface area contributed by atoms with E-state index < -0.39 is 5.95 Å². The first kappa shape index (κ1) is 8.69. The third kappa shape index (κ3) is 1.80. The average molecular weight is 173 g/mol. The minimum Gasteiger partial charge on any atom is -0.264 e. The van der Waals surface area contributed by atoms with Gasteiger partial charge in [-0.1, -0.05) is 0 Å². The fraction of sp³-hybridized carbons (Fsp3) is 0.167. The van der Waals surface area contributed by atoms with E-state index in [0.29, 0.717) is 0 Å². The van der Waals surface area contributed by atoms with E-state index in [1.54, 1.807) is 0 Å². The van der Waals surface area contributed by atoms with E-state index in [1.165, 1.54) is 19.3 Å². The molecule has 6 heteroatoms. The lowest BCUT2D eigenvalue weighted by Crippen LogP contribution is -2.02. The highest BCUT2D eigenvalue weighted by Crippen LogP contribution is 2.06. The van der Waals surface area contributed by atoms with Crippen LogP contribution in [0.3, 0.4) is 0 Å². The van der Waals surface area contributed by atoms with E-state index in [9.17, 15) is 4.39 Å². The number of hydroxylamine groups is 2. The van der Waals surface area contributed by atoms with Gasteiger partial charge in [0.15, 0.2) is 0 Å². The Morgan fingerprint density at radius 3 is 2.75 bits per heavy atom. The van der Waals surface area contributed by atoms with Crippen molar-refractivity contribution in [2.45, 2.75) is 0 Å². The van der Waals surface area contributed by atoms with Crippen molar-refractivity contribution in [1.82, 2.24) is 15.0 Å². The smallest absolute Gasteiger partial charge is 0.218 e. The summed E-state index contributed by atoms with van der Waals surface area (Å²) in [6, 6.07) is 0. The van der Waals surface area contributed by atoms with Crippen LogP contribution in [0.2, 0.25) is 0 Å². The number of aryl methyl sites for hydroxylation is 1. The molecule has 1 rings (SSSR count). The number of rotatable bonds is 2. The molecule has 0 amide bonds. The van der Waals surface area contributed by atoms with Crippen LogP contribution in [0.1, 0.15) is 5.56 Å². The first-order chi connectivity index (χ1) is 5.61. The molecule has 0 spiro atoms. The molecule has 1 aromatic heterocycles. The van der Waals surface area contributed by atoms with Crippen molar-refractivity contribution in [3.63, 3.8) is 0 Å². The van der Waals surface area contributed by atoms with Crippen LogP contribution in [0.4, 0.5) is 4.39 Å². The summed E-state index contributed by atoms with van der Waals surface area (Å²) in [5.74, 6) is -0.534. The van der Waals surface area contributed by atoms with Gasteiger partial charge in [0.2, 0.25) is 5.95 Å². The first-order valence-electron chi connectivity index (χ1n) is 3.14. The lowest BCUT2D eigenvalue weighted by molar-refractivity contribution is -0.266. The van der Waals surface area contributed by atoms with Gasteiger partial charge in [-0.2, -0.15) is 9.49 Å². The number of aromatic nitrogens is 2. The maximum absolute atomic E-state index is 12.9. The van der Waals surface area contributed by atoms with Gasteiger partial charge >= 0.3 is 0 Å². The predicted molar refractivity (Wildman–Crippen MR) is 37.6 cm³/mol. The molecule has 0 bridgehead atoms. The monoisotopic (exact) mass is 173 g/mol. The summed E-state index contributed by atoms with van der Waals surface area (Å²) in [7, 11) is 1.45. The number of nitrogens with zero attached hydrogens (tertiary/aromatic N) is 3. The van der Waals surface area contributed by atoms with Gasteiger partial charge in [0.25, 0.3) is 0 Å². The van der Waals surface area contributed by atoms with Crippen molar-refractivity contribution in [3.05, 3.63) is 23.9 Å². The van der Waals surface area contributed by atoms with E-state index in [2.05, 4.69) is 5.10 Å². The summed E-state index contributed by atoms with van der Waals surface area (Å²) < 4.78 is 13.9. The SMILES string of the molecule is Cn1ncc(/C=C/N(O)O)c1F. The predicted octanol–water partition coefficient (Wildman–Crippen LogP) is 0.610. The van der Waals surface area contributed by atoms with Crippen LogP contribution in [-0.4, -0.2) is 25.4 Å². The van der Waals surface area contributed by atoms with Gasteiger partial charge in [-0.3, -0.25) is 10.4 Å². The summed E-state index contributed by atoms with van der Waals surface area (Å²) in [5, 5.41) is 20.0. The molecule has 0 saturated heterocycles. The molecule has 0 aliphatic heterocycles. The molecule has 1 heterocycles. The molecule has 0 aliphatic carbocycles. The molecule has 66 valence electrons. The summed E-state index contributed by atoms with van der Waals surface area (Å²) in [4.78, 5) is 0. The number of halogens is 1. The van der Waals surface area contributed by atoms with E-state index in [1.807, 2.05) is 0 Å². The second-order valence-corrected chi connectivity index (χ2v) is 2.15. The molecular weight excluding hydrogens is 165 g/mol. The number of hydrogen-bond donors (Lipinski definition) is 2. The zero-order valence-corrected chi connectivity index (χ0v) is 6.35. The maximum atomic E-state index is 12.9. The zero-order valence-electron chi connectivity index (χ0n) is 6.35. The molecule has 0 atom stereocenters. The normalized spacial score (nSPS) is 11.0. The highest BCUT2D eigenvalue weighted by Gasteiger charge is 2.03. The summed E-state index contributed by atoms with van der Waals surface area (Å²) in [6.45, 7) is 0. The van der Waals surface area contributed by atoms with Crippen molar-refractivity contribution in [2.24, 2.45) is 7.05 Å². The molecule has 0 aliphatic rings. The minimum atomic E-state index is -0.534. The highest BCUT2D eigenvalue weighted by atomic mass is 19.1. The summed E-state index contributed by atoms with van der Waals surface area (Å²) in [5.41, 5.74) is 0.186. The van der Waals surface area contributed by atoms with Crippen molar-refractivity contribution in [1.29, 1.82) is 0 Å². The molecule has 0 aromatic carbocycles. The Bertz CT molecular complexity index is 295. The Morgan fingerprint density at radius 2 is 2.33 bits per heavy atom. The topological polar surface area (TPSA) is 61.5 Å². The van der Waals surface area contributed by atoms with Gasteiger partial charge in [0, 0.05) is 7.05 Å². The van der Waals surface area contributed by atoms with E-state index >= 15 is 0 Å². The van der Waals surface area contributed by atoms with E-state index in [4.69, 9.17) is 10.4 Å². The van der Waals surface area contributed by atoms with Crippen molar-refractivity contribution < 1.29 is 14.8 Å². The molecule has 12 heavy (non-hydrogen) atoms. The van der Waals surface area contributed by atoms with Crippen LogP contribution in [0.25, 0.3) is 6.08 Å². The van der Waals surface area contributed by atoms with E-state index in [0.717, 1.165) is 10.9 Å². The van der Waals surface area contributed by atoms with E-state index in [-0.39, 0.29) is 10.8 Å². The standard InChI is InChI=1S/C6H8FN3O2/c1-9-6(7)5(4-8-9)2-3-10(11)12/h2-4,11-12H,1H3/b3-2+. The molecule has 0 radical (unpaired) electrons. The molecule has 0 fully saturated rings. The fourth-order valence-electron chi connectivity index (χ4n) is 0.698. The number of hydrogen-bond acceptors (Lipinski definition) is 4. The molecule has 0 unspecified atom stereocenters. The van der Waals surface area contributed by atoms with Gasteiger partial charge < -0.3 is 0 Å². The Balaban J connectivity index is 2.83. The maximum Gasteiger partial charge on any atom is 0.218 e. The van der Waals surface area contributed by atoms with Crippen LogP contribution < -0.4 is 0 Å². The van der Waals surface area contributed by atoms with Gasteiger partial charge in [-0.25, -0.2) is 4.68 Å². The van der Waals surface area contributed by atoms with Gasteiger partial charge in [-0.05, 0) is 6.08 Å². The van der Waals surface area contributed by atoms with Crippen LogP contribution >= 0.6 is 0 Å². The summed E-state index contributed by atoms with van der Waals surface area (Å²) in [6.07, 6.45) is 3.34. The lowest BCUT2D eigenvalue weighted by Gasteiger charge is -1.97. The molecular formula is C6H8FN3O2. The molecule has 5 nitrogen and oxygen atoms in total. The molecule has 2 N–H and O–H groups in total. The van der Waals surface area contributed by atoms with Crippen molar-refractivity contribution in [2.75, 3.05) is 0 Å². The van der Waals surface area contributed by atoms with Crippen molar-refractivity contribution >= 4 is 6.08 Å². The lowest BCUT2D eigenvalue weighted by atomic mass is 10.3. The van der Waals surface area contributed by atoms with Crippen LogP contribution in [0.15, 0.2) is 12.4 Å². The average Bonchev–Trinajstić information content (AvgIpc) is 2.30. The fourth-order valence-corrected chi connectivity index (χ4v) is 0.698. The Hall–Kier alpha value is -1.40. The second kappa shape index (κ2) is 3.33. The third-order valence-electron chi connectivity index (χ3n) is 1.28. The third-order valence-corrected chi connectivity index (χ3v) is 1.28. The Kier molecular flexibility index (Phi) is 2.41. The zero-order chi connectivity index (χ0) is 9.14. The van der Waals surface area contributed by atoms with Crippen molar-refractivity contribution in [3.8, 4) is 0 Å². The highest BCUT2D eigenvalue weighted by molar-refractivity contribution is 5.46. The van der Waals surface area contributed by atoms with Gasteiger partial charge in [0.1, 0.15) is 0 Å². The van der Waals surface area contributed by atoms with Crippen LogP contribution in [-0.2, 0) is 7.05 Å². The molecule has 1 aromatic rings. The minimum absolute atomic E-state index is 0.160. The quantitative estimate of drug-likeness (QED) is 0.643. The van der Waals surface area contributed by atoms with Crippen LogP contribution in [0, 0.1) is 5.95 Å². The van der Waals surface area contributed by atoms with Gasteiger partial charge in [-0.15, -0.1) is 5.23 Å². The van der Waals surface area contributed by atoms with Gasteiger partial charge in [0.05, 0.1) is 18.0 Å². The Labute approximate surface area is 67.9 Å². The largest absolute Gasteiger partial charge is 0.264 e. The summed E-state index contributed by atoms with van der Waals surface area (Å²) >= 11 is 0. The van der Waals surface area contributed by atoms with Crippen LogP contribution in [0.5, 0.6) is 0 Å².